The summed E-state index contributed by atoms with van der Waals surface area (Å²) >= 11 is 0. The number of piperidine rings is 1. The summed E-state index contributed by atoms with van der Waals surface area (Å²) in [5.41, 5.74) is 8.15. The number of likely N-dealkylation sites (tertiary alicyclic amines) is 1. The Labute approximate surface area is 164 Å². The van der Waals surface area contributed by atoms with E-state index in [9.17, 15) is 9.59 Å². The molecule has 1 aromatic heterocycles. The lowest BCUT2D eigenvalue weighted by atomic mass is 10.0. The quantitative estimate of drug-likeness (QED) is 0.869. The van der Waals surface area contributed by atoms with Gasteiger partial charge in [0.05, 0.1) is 11.6 Å². The Morgan fingerprint density at radius 3 is 2.64 bits per heavy atom. The zero-order valence-electron chi connectivity index (χ0n) is 16.2. The SMILES string of the molecule is Cc1ccc(N2CCCC2)c(C(=O)N2CCCC(n3cnc(C(N)=O)n3)C2)c1. The molecule has 0 radical (unpaired) electrons. The number of carbonyl (C=O) groups is 2. The van der Waals surface area contributed by atoms with Gasteiger partial charge in [-0.05, 0) is 44.7 Å². The second kappa shape index (κ2) is 7.61. The Kier molecular flexibility index (Phi) is 5.02. The highest BCUT2D eigenvalue weighted by molar-refractivity contribution is 6.00. The van der Waals surface area contributed by atoms with E-state index in [0.717, 1.165) is 49.3 Å². The lowest BCUT2D eigenvalue weighted by Crippen LogP contribution is -2.41. The maximum Gasteiger partial charge on any atom is 0.288 e. The zero-order valence-corrected chi connectivity index (χ0v) is 16.2. The molecule has 2 N–H and O–H groups in total. The smallest absolute Gasteiger partial charge is 0.288 e. The fourth-order valence-electron chi connectivity index (χ4n) is 4.14. The number of carbonyl (C=O) groups excluding carboxylic acids is 2. The first-order chi connectivity index (χ1) is 13.5. The molecule has 2 fully saturated rings. The minimum Gasteiger partial charge on any atom is -0.371 e. The van der Waals surface area contributed by atoms with E-state index in [1.165, 1.54) is 19.2 Å². The summed E-state index contributed by atoms with van der Waals surface area (Å²) in [6, 6.07) is 6.15. The lowest BCUT2D eigenvalue weighted by Gasteiger charge is -2.33. The van der Waals surface area contributed by atoms with Gasteiger partial charge in [-0.1, -0.05) is 11.6 Å². The van der Waals surface area contributed by atoms with Crippen molar-refractivity contribution in [1.82, 2.24) is 19.7 Å². The van der Waals surface area contributed by atoms with Crippen molar-refractivity contribution in [1.29, 1.82) is 0 Å². The first kappa shape index (κ1) is 18.5. The molecule has 2 aromatic rings. The van der Waals surface area contributed by atoms with E-state index in [4.69, 9.17) is 5.73 Å². The first-order valence-electron chi connectivity index (χ1n) is 9.89. The zero-order chi connectivity index (χ0) is 19.7. The fraction of sp³-hybridized carbons (Fsp3) is 0.500. The van der Waals surface area contributed by atoms with E-state index in [2.05, 4.69) is 27.1 Å². The third-order valence-electron chi connectivity index (χ3n) is 5.62. The molecule has 8 heteroatoms. The number of benzene rings is 1. The van der Waals surface area contributed by atoms with Gasteiger partial charge >= 0.3 is 0 Å². The van der Waals surface area contributed by atoms with Crippen LogP contribution in [0, 0.1) is 6.92 Å². The van der Waals surface area contributed by atoms with Crippen molar-refractivity contribution in [2.24, 2.45) is 5.73 Å². The molecule has 2 aliphatic rings. The number of hydrogen-bond acceptors (Lipinski definition) is 5. The van der Waals surface area contributed by atoms with Gasteiger partial charge in [0.25, 0.3) is 11.8 Å². The number of hydrogen-bond donors (Lipinski definition) is 1. The Balaban J connectivity index is 1.56. The van der Waals surface area contributed by atoms with E-state index in [1.54, 1.807) is 4.68 Å². The molecule has 0 spiro atoms. The summed E-state index contributed by atoms with van der Waals surface area (Å²) in [5.74, 6) is -0.568. The Bertz CT molecular complexity index is 887. The van der Waals surface area contributed by atoms with Crippen LogP contribution in [0.1, 0.15) is 58.3 Å². The highest BCUT2D eigenvalue weighted by Gasteiger charge is 2.29. The topological polar surface area (TPSA) is 97.4 Å². The maximum absolute atomic E-state index is 13.4. The molecule has 4 rings (SSSR count). The fourth-order valence-corrected chi connectivity index (χ4v) is 4.14. The average Bonchev–Trinajstić information content (AvgIpc) is 3.39. The van der Waals surface area contributed by atoms with Crippen LogP contribution in [0.5, 0.6) is 0 Å². The minimum absolute atomic E-state index is 0.00153. The average molecular weight is 382 g/mol. The van der Waals surface area contributed by atoms with Gasteiger partial charge in [0.15, 0.2) is 0 Å². The number of nitrogens with two attached hydrogens (primary N) is 1. The Morgan fingerprint density at radius 2 is 1.93 bits per heavy atom. The number of primary amides is 1. The number of aryl methyl sites for hydroxylation is 1. The van der Waals surface area contributed by atoms with Crippen molar-refractivity contribution in [3.8, 4) is 0 Å². The number of anilines is 1. The van der Waals surface area contributed by atoms with Gasteiger partial charge in [-0.15, -0.1) is 5.10 Å². The van der Waals surface area contributed by atoms with Gasteiger partial charge in [-0.2, -0.15) is 0 Å². The van der Waals surface area contributed by atoms with Crippen LogP contribution in [0.15, 0.2) is 24.5 Å². The summed E-state index contributed by atoms with van der Waals surface area (Å²) in [4.78, 5) is 32.8. The van der Waals surface area contributed by atoms with E-state index in [1.807, 2.05) is 17.9 Å². The van der Waals surface area contributed by atoms with Crippen LogP contribution in [0.4, 0.5) is 5.69 Å². The van der Waals surface area contributed by atoms with Crippen LogP contribution >= 0.6 is 0 Å². The van der Waals surface area contributed by atoms with Crippen LogP contribution in [0.25, 0.3) is 0 Å². The van der Waals surface area contributed by atoms with Crippen LogP contribution in [0.2, 0.25) is 0 Å². The highest BCUT2D eigenvalue weighted by atomic mass is 16.2. The molecule has 2 aliphatic heterocycles. The van der Waals surface area contributed by atoms with Gasteiger partial charge in [0, 0.05) is 31.9 Å². The predicted molar refractivity (Wildman–Crippen MR) is 105 cm³/mol. The maximum atomic E-state index is 13.4. The predicted octanol–water partition coefficient (Wildman–Crippen LogP) is 1.76. The molecule has 0 bridgehead atoms. The summed E-state index contributed by atoms with van der Waals surface area (Å²) in [5, 5.41) is 4.18. The van der Waals surface area contributed by atoms with E-state index in [0.29, 0.717) is 6.54 Å². The van der Waals surface area contributed by atoms with Crippen molar-refractivity contribution in [2.75, 3.05) is 31.1 Å². The van der Waals surface area contributed by atoms with Crippen LogP contribution in [-0.4, -0.2) is 57.7 Å². The third-order valence-corrected chi connectivity index (χ3v) is 5.62. The number of aromatic nitrogens is 3. The molecule has 0 aliphatic carbocycles. The summed E-state index contributed by atoms with van der Waals surface area (Å²) < 4.78 is 1.66. The normalized spacial score (nSPS) is 19.8. The van der Waals surface area contributed by atoms with Crippen LogP contribution < -0.4 is 10.6 Å². The van der Waals surface area contributed by atoms with Crippen LogP contribution in [0.3, 0.4) is 0 Å². The number of amides is 2. The van der Waals surface area contributed by atoms with Crippen molar-refractivity contribution in [3.63, 3.8) is 0 Å². The highest BCUT2D eigenvalue weighted by Crippen LogP contribution is 2.29. The summed E-state index contributed by atoms with van der Waals surface area (Å²) in [6.45, 7) is 5.29. The molecule has 2 saturated heterocycles. The van der Waals surface area contributed by atoms with Gasteiger partial charge in [-0.3, -0.25) is 9.59 Å². The second-order valence-corrected chi connectivity index (χ2v) is 7.67. The van der Waals surface area contributed by atoms with Gasteiger partial charge in [0.2, 0.25) is 5.82 Å². The third kappa shape index (κ3) is 3.58. The number of rotatable bonds is 4. The molecule has 1 atom stereocenters. The largest absolute Gasteiger partial charge is 0.371 e. The summed E-state index contributed by atoms with van der Waals surface area (Å²) in [7, 11) is 0. The molecule has 2 amide bonds. The summed E-state index contributed by atoms with van der Waals surface area (Å²) in [6.07, 6.45) is 5.63. The molecule has 1 aromatic carbocycles. The number of nitrogens with zero attached hydrogens (tertiary/aromatic N) is 5. The molecule has 148 valence electrons. The van der Waals surface area contributed by atoms with Crippen LogP contribution in [-0.2, 0) is 0 Å². The second-order valence-electron chi connectivity index (χ2n) is 7.67. The van der Waals surface area contributed by atoms with Crippen molar-refractivity contribution >= 4 is 17.5 Å². The van der Waals surface area contributed by atoms with Gasteiger partial charge < -0.3 is 15.5 Å². The van der Waals surface area contributed by atoms with E-state index in [-0.39, 0.29) is 17.8 Å². The Morgan fingerprint density at radius 1 is 1.14 bits per heavy atom. The lowest BCUT2D eigenvalue weighted by molar-refractivity contribution is 0.0672. The molecule has 1 unspecified atom stereocenters. The Hall–Kier alpha value is -2.90. The molecular weight excluding hydrogens is 356 g/mol. The molecule has 3 heterocycles. The molecule has 28 heavy (non-hydrogen) atoms. The monoisotopic (exact) mass is 382 g/mol. The van der Waals surface area contributed by atoms with Crippen molar-refractivity contribution in [3.05, 3.63) is 41.5 Å². The van der Waals surface area contributed by atoms with Gasteiger partial charge in [0.1, 0.15) is 6.33 Å². The van der Waals surface area contributed by atoms with Gasteiger partial charge in [-0.25, -0.2) is 9.67 Å². The van der Waals surface area contributed by atoms with E-state index >= 15 is 0 Å². The molecule has 8 nitrogen and oxygen atoms in total. The van der Waals surface area contributed by atoms with Crippen molar-refractivity contribution < 1.29 is 9.59 Å². The molecular formula is C20H26N6O2. The van der Waals surface area contributed by atoms with Crippen molar-refractivity contribution in [2.45, 2.75) is 38.6 Å². The first-order valence-corrected chi connectivity index (χ1v) is 9.89. The minimum atomic E-state index is -0.641. The molecule has 0 saturated carbocycles. The standard InChI is InChI=1S/C20H26N6O2/c1-14-6-7-17(24-8-2-3-9-24)16(11-14)20(28)25-10-4-5-15(12-25)26-13-22-19(23-26)18(21)27/h6-7,11,13,15H,2-5,8-10,12H2,1H3,(H2,21,27). The van der Waals surface area contributed by atoms with E-state index < -0.39 is 5.91 Å².